The molecule has 0 amide bonds. The number of thiophene rings is 1. The van der Waals surface area contributed by atoms with Crippen molar-refractivity contribution in [3.05, 3.63) is 52.9 Å². The number of hydrogen-bond donors (Lipinski definition) is 2. The van der Waals surface area contributed by atoms with Gasteiger partial charge in [-0.05, 0) is 29.6 Å². The highest BCUT2D eigenvalue weighted by Crippen LogP contribution is 2.20. The SMILES string of the molecule is CNCc1csc(S(=O)(=O)NCc2ccccc2)c1. The van der Waals surface area contributed by atoms with Gasteiger partial charge in [-0.3, -0.25) is 0 Å². The number of sulfonamides is 1. The smallest absolute Gasteiger partial charge is 0.250 e. The Labute approximate surface area is 117 Å². The highest BCUT2D eigenvalue weighted by atomic mass is 32.2. The van der Waals surface area contributed by atoms with Crippen LogP contribution in [-0.2, 0) is 23.1 Å². The normalized spacial score (nSPS) is 11.6. The quantitative estimate of drug-likeness (QED) is 0.856. The first-order chi connectivity index (χ1) is 9.12. The third-order valence-electron chi connectivity index (χ3n) is 2.58. The molecule has 0 aliphatic heterocycles. The number of nitrogens with one attached hydrogen (secondary N) is 2. The monoisotopic (exact) mass is 296 g/mol. The van der Waals surface area contributed by atoms with Gasteiger partial charge in [0.15, 0.2) is 0 Å². The summed E-state index contributed by atoms with van der Waals surface area (Å²) in [6.07, 6.45) is 0. The van der Waals surface area contributed by atoms with E-state index in [1.807, 2.05) is 42.8 Å². The highest BCUT2D eigenvalue weighted by Gasteiger charge is 2.16. The van der Waals surface area contributed by atoms with E-state index in [1.165, 1.54) is 11.3 Å². The lowest BCUT2D eigenvalue weighted by molar-refractivity contribution is 0.583. The maximum atomic E-state index is 12.1. The van der Waals surface area contributed by atoms with Gasteiger partial charge < -0.3 is 5.32 Å². The maximum Gasteiger partial charge on any atom is 0.250 e. The van der Waals surface area contributed by atoms with E-state index in [0.717, 1.165) is 11.1 Å². The average molecular weight is 296 g/mol. The van der Waals surface area contributed by atoms with E-state index >= 15 is 0 Å². The van der Waals surface area contributed by atoms with Crippen LogP contribution in [0.5, 0.6) is 0 Å². The molecule has 19 heavy (non-hydrogen) atoms. The molecule has 6 heteroatoms. The van der Waals surface area contributed by atoms with Crippen LogP contribution in [0.15, 0.2) is 46.0 Å². The van der Waals surface area contributed by atoms with Gasteiger partial charge in [0.2, 0.25) is 10.0 Å². The van der Waals surface area contributed by atoms with Crippen molar-refractivity contribution in [1.29, 1.82) is 0 Å². The van der Waals surface area contributed by atoms with E-state index in [0.29, 0.717) is 17.3 Å². The molecule has 1 aromatic heterocycles. The van der Waals surface area contributed by atoms with Gasteiger partial charge in [-0.2, -0.15) is 0 Å². The van der Waals surface area contributed by atoms with Gasteiger partial charge in [0, 0.05) is 13.1 Å². The van der Waals surface area contributed by atoms with E-state index in [-0.39, 0.29) is 0 Å². The Morgan fingerprint density at radius 1 is 1.11 bits per heavy atom. The van der Waals surface area contributed by atoms with Crippen LogP contribution in [-0.4, -0.2) is 15.5 Å². The lowest BCUT2D eigenvalue weighted by Crippen LogP contribution is -2.22. The lowest BCUT2D eigenvalue weighted by Gasteiger charge is -2.04. The third kappa shape index (κ3) is 3.87. The zero-order valence-corrected chi connectivity index (χ0v) is 12.2. The zero-order valence-electron chi connectivity index (χ0n) is 10.6. The number of rotatable bonds is 6. The molecule has 2 rings (SSSR count). The summed E-state index contributed by atoms with van der Waals surface area (Å²) in [5, 5.41) is 4.85. The summed E-state index contributed by atoms with van der Waals surface area (Å²) in [5.74, 6) is 0. The Morgan fingerprint density at radius 3 is 2.53 bits per heavy atom. The minimum Gasteiger partial charge on any atom is -0.316 e. The molecule has 4 nitrogen and oxygen atoms in total. The molecule has 0 aliphatic carbocycles. The second-order valence-corrected chi connectivity index (χ2v) is 7.02. The number of benzene rings is 1. The second-order valence-electron chi connectivity index (χ2n) is 4.11. The fraction of sp³-hybridized carbons (Fsp3) is 0.231. The van der Waals surface area contributed by atoms with Crippen LogP contribution in [0, 0.1) is 0 Å². The van der Waals surface area contributed by atoms with Crippen LogP contribution in [0.25, 0.3) is 0 Å². The minimum atomic E-state index is -3.42. The molecular weight excluding hydrogens is 280 g/mol. The summed E-state index contributed by atoms with van der Waals surface area (Å²) in [6, 6.07) is 11.2. The second kappa shape index (κ2) is 6.29. The predicted molar refractivity (Wildman–Crippen MR) is 77.6 cm³/mol. The topological polar surface area (TPSA) is 58.2 Å². The van der Waals surface area contributed by atoms with Crippen molar-refractivity contribution < 1.29 is 8.42 Å². The highest BCUT2D eigenvalue weighted by molar-refractivity contribution is 7.91. The van der Waals surface area contributed by atoms with Crippen molar-refractivity contribution >= 4 is 21.4 Å². The van der Waals surface area contributed by atoms with E-state index in [2.05, 4.69) is 10.0 Å². The van der Waals surface area contributed by atoms with Gasteiger partial charge >= 0.3 is 0 Å². The molecule has 2 aromatic rings. The van der Waals surface area contributed by atoms with E-state index in [1.54, 1.807) is 6.07 Å². The Balaban J connectivity index is 2.05. The Kier molecular flexibility index (Phi) is 4.71. The van der Waals surface area contributed by atoms with Crippen molar-refractivity contribution in [3.8, 4) is 0 Å². The maximum absolute atomic E-state index is 12.1. The molecule has 0 aliphatic rings. The molecule has 1 aromatic carbocycles. The fourth-order valence-electron chi connectivity index (χ4n) is 1.64. The first kappa shape index (κ1) is 14.2. The van der Waals surface area contributed by atoms with Crippen LogP contribution in [0.4, 0.5) is 0 Å². The van der Waals surface area contributed by atoms with Gasteiger partial charge in [0.1, 0.15) is 4.21 Å². The lowest BCUT2D eigenvalue weighted by atomic mass is 10.2. The van der Waals surface area contributed by atoms with Crippen molar-refractivity contribution in [1.82, 2.24) is 10.0 Å². The molecule has 0 saturated heterocycles. The van der Waals surface area contributed by atoms with E-state index < -0.39 is 10.0 Å². The largest absolute Gasteiger partial charge is 0.316 e. The van der Waals surface area contributed by atoms with E-state index in [4.69, 9.17) is 0 Å². The summed E-state index contributed by atoms with van der Waals surface area (Å²) < 4.78 is 27.2. The molecule has 0 saturated carbocycles. The molecule has 0 radical (unpaired) electrons. The minimum absolute atomic E-state index is 0.308. The molecule has 0 fully saturated rings. The molecule has 0 spiro atoms. The molecule has 102 valence electrons. The van der Waals surface area contributed by atoms with Crippen molar-refractivity contribution in [2.45, 2.75) is 17.3 Å². The van der Waals surface area contributed by atoms with Gasteiger partial charge in [-0.15, -0.1) is 11.3 Å². The van der Waals surface area contributed by atoms with Gasteiger partial charge in [0.25, 0.3) is 0 Å². The summed E-state index contributed by atoms with van der Waals surface area (Å²) >= 11 is 1.24. The van der Waals surface area contributed by atoms with Crippen molar-refractivity contribution in [2.75, 3.05) is 7.05 Å². The Morgan fingerprint density at radius 2 is 1.84 bits per heavy atom. The first-order valence-electron chi connectivity index (χ1n) is 5.87. The Hall–Kier alpha value is -1.21. The van der Waals surface area contributed by atoms with Gasteiger partial charge in [-0.25, -0.2) is 13.1 Å². The van der Waals surface area contributed by atoms with Crippen molar-refractivity contribution in [3.63, 3.8) is 0 Å². The van der Waals surface area contributed by atoms with Crippen LogP contribution >= 0.6 is 11.3 Å². The zero-order chi connectivity index (χ0) is 13.7. The summed E-state index contributed by atoms with van der Waals surface area (Å²) in [4.78, 5) is 0. The molecular formula is C13H16N2O2S2. The van der Waals surface area contributed by atoms with Gasteiger partial charge in [0.05, 0.1) is 0 Å². The summed E-state index contributed by atoms with van der Waals surface area (Å²) in [5.41, 5.74) is 1.92. The Bertz CT molecular complexity index is 621. The number of hydrogen-bond acceptors (Lipinski definition) is 4. The predicted octanol–water partition coefficient (Wildman–Crippen LogP) is 1.95. The van der Waals surface area contributed by atoms with Crippen LogP contribution < -0.4 is 10.0 Å². The van der Waals surface area contributed by atoms with Gasteiger partial charge in [-0.1, -0.05) is 30.3 Å². The van der Waals surface area contributed by atoms with Crippen molar-refractivity contribution in [2.24, 2.45) is 0 Å². The fourth-order valence-corrected chi connectivity index (χ4v) is 3.91. The summed E-state index contributed by atoms with van der Waals surface area (Å²) in [6.45, 7) is 0.979. The summed E-state index contributed by atoms with van der Waals surface area (Å²) in [7, 11) is -1.58. The first-order valence-corrected chi connectivity index (χ1v) is 8.24. The molecule has 2 N–H and O–H groups in total. The van der Waals surface area contributed by atoms with E-state index in [9.17, 15) is 8.42 Å². The average Bonchev–Trinajstić information content (AvgIpc) is 2.88. The molecule has 1 heterocycles. The van der Waals surface area contributed by atoms with Crippen LogP contribution in [0.2, 0.25) is 0 Å². The molecule has 0 bridgehead atoms. The third-order valence-corrected chi connectivity index (χ3v) is 5.47. The van der Waals surface area contributed by atoms with Crippen LogP contribution in [0.1, 0.15) is 11.1 Å². The van der Waals surface area contributed by atoms with Crippen LogP contribution in [0.3, 0.4) is 0 Å². The molecule has 0 atom stereocenters. The standard InChI is InChI=1S/C13H16N2O2S2/c1-14-8-12-7-13(18-10-12)19(16,17)15-9-11-5-3-2-4-6-11/h2-7,10,14-15H,8-9H2,1H3. The molecule has 0 unspecified atom stereocenters.